The number of nitriles is 1. The fourth-order valence-corrected chi connectivity index (χ4v) is 5.65. The maximum atomic E-state index is 13.5. The molecule has 0 unspecified atom stereocenters. The zero-order valence-corrected chi connectivity index (χ0v) is 22.0. The van der Waals surface area contributed by atoms with Gasteiger partial charge in [-0.25, -0.2) is 8.42 Å². The van der Waals surface area contributed by atoms with Gasteiger partial charge in [0.2, 0.25) is 15.9 Å². The fourth-order valence-electron chi connectivity index (χ4n) is 4.22. The number of rotatable bonds is 11. The zero-order chi connectivity index (χ0) is 26.3. The molecular formula is C28H34N4O3S. The van der Waals surface area contributed by atoms with Crippen LogP contribution in [0.15, 0.2) is 71.6 Å². The topological polar surface area (TPSA) is 102 Å². The number of hydrogen-bond acceptors (Lipinski definition) is 5. The molecule has 0 saturated heterocycles. The van der Waals surface area contributed by atoms with Crippen molar-refractivity contribution in [3.05, 3.63) is 72.3 Å². The van der Waals surface area contributed by atoms with Crippen LogP contribution in [0.1, 0.15) is 32.3 Å². The van der Waals surface area contributed by atoms with Gasteiger partial charge in [-0.3, -0.25) is 4.79 Å². The highest BCUT2D eigenvalue weighted by atomic mass is 32.2. The second-order valence-electron chi connectivity index (χ2n) is 9.54. The summed E-state index contributed by atoms with van der Waals surface area (Å²) in [5.41, 5.74) is 1.97. The first-order valence-electron chi connectivity index (χ1n) is 12.1. The van der Waals surface area contributed by atoms with Crippen LogP contribution in [-0.4, -0.2) is 40.5 Å². The van der Waals surface area contributed by atoms with E-state index in [1.165, 1.54) is 0 Å². The Morgan fingerprint density at radius 3 is 2.28 bits per heavy atom. The number of amides is 1. The van der Waals surface area contributed by atoms with E-state index >= 15 is 0 Å². The summed E-state index contributed by atoms with van der Waals surface area (Å²) < 4.78 is 29.7. The van der Waals surface area contributed by atoms with Gasteiger partial charge in [-0.15, -0.1) is 0 Å². The number of benzene rings is 3. The molecule has 0 fully saturated rings. The second kappa shape index (κ2) is 12.0. The lowest BCUT2D eigenvalue weighted by molar-refractivity contribution is -0.123. The molecule has 3 rings (SSSR count). The van der Waals surface area contributed by atoms with Crippen LogP contribution in [0.25, 0.3) is 10.8 Å². The minimum absolute atomic E-state index is 0.0566. The summed E-state index contributed by atoms with van der Waals surface area (Å²) in [4.78, 5) is 15.2. The molecular weight excluding hydrogens is 472 g/mol. The summed E-state index contributed by atoms with van der Waals surface area (Å²) in [6.07, 6.45) is 1.36. The minimum Gasteiger partial charge on any atom is -0.377 e. The van der Waals surface area contributed by atoms with Gasteiger partial charge in [0, 0.05) is 30.6 Å². The van der Waals surface area contributed by atoms with Crippen LogP contribution in [0.4, 0.5) is 5.69 Å². The standard InChI is InChI=1S/C28H34N4O3S/c1-20(2)18-25(28(33)30-22(19-29)17-16-21-10-6-5-7-11-21)31-36(34,35)27-15-9-12-23-24(27)13-8-14-26(23)32(3)4/h5-15,20,22,25,31H,16-18H2,1-4H3,(H,30,33)/t22-,25-/m0/s1. The SMILES string of the molecule is CC(C)C[C@H](NS(=O)(=O)c1cccc2c(N(C)C)cccc12)C(=O)N[C@H](C#N)CCc1ccccc1. The number of anilines is 1. The Hall–Kier alpha value is -3.41. The molecule has 2 atom stereocenters. The van der Waals surface area contributed by atoms with Crippen molar-refractivity contribution >= 4 is 32.4 Å². The zero-order valence-electron chi connectivity index (χ0n) is 21.2. The van der Waals surface area contributed by atoms with E-state index in [1.807, 2.05) is 81.4 Å². The first-order chi connectivity index (χ1) is 17.1. The molecule has 0 heterocycles. The molecule has 190 valence electrons. The van der Waals surface area contributed by atoms with Crippen molar-refractivity contribution in [3.63, 3.8) is 0 Å². The summed E-state index contributed by atoms with van der Waals surface area (Å²) in [5, 5.41) is 13.7. The van der Waals surface area contributed by atoms with Gasteiger partial charge in [0.05, 0.1) is 11.0 Å². The van der Waals surface area contributed by atoms with Gasteiger partial charge in [-0.2, -0.15) is 9.98 Å². The normalized spacial score (nSPS) is 13.2. The number of sulfonamides is 1. The van der Waals surface area contributed by atoms with Crippen LogP contribution in [0.5, 0.6) is 0 Å². The van der Waals surface area contributed by atoms with Crippen LogP contribution in [0.3, 0.4) is 0 Å². The van der Waals surface area contributed by atoms with Crippen molar-refractivity contribution in [3.8, 4) is 6.07 Å². The molecule has 0 aliphatic rings. The molecule has 0 aliphatic heterocycles. The van der Waals surface area contributed by atoms with Crippen molar-refractivity contribution in [1.29, 1.82) is 5.26 Å². The highest BCUT2D eigenvalue weighted by Crippen LogP contribution is 2.30. The van der Waals surface area contributed by atoms with Gasteiger partial charge in [-0.1, -0.05) is 68.4 Å². The molecule has 3 aromatic rings. The Labute approximate surface area is 214 Å². The monoisotopic (exact) mass is 506 g/mol. The van der Waals surface area contributed by atoms with Gasteiger partial charge in [0.25, 0.3) is 0 Å². The van der Waals surface area contributed by atoms with Crippen LogP contribution >= 0.6 is 0 Å². The molecule has 1 amide bonds. The van der Waals surface area contributed by atoms with E-state index in [2.05, 4.69) is 16.1 Å². The van der Waals surface area contributed by atoms with E-state index in [1.54, 1.807) is 18.2 Å². The molecule has 0 bridgehead atoms. The number of carbonyl (C=O) groups excluding carboxylic acids is 1. The van der Waals surface area contributed by atoms with E-state index in [0.29, 0.717) is 24.6 Å². The van der Waals surface area contributed by atoms with E-state index in [0.717, 1.165) is 16.6 Å². The molecule has 0 aliphatic carbocycles. The molecule has 0 radical (unpaired) electrons. The van der Waals surface area contributed by atoms with E-state index in [9.17, 15) is 18.5 Å². The van der Waals surface area contributed by atoms with Crippen molar-refractivity contribution in [1.82, 2.24) is 10.0 Å². The molecule has 0 spiro atoms. The Morgan fingerprint density at radius 2 is 1.64 bits per heavy atom. The van der Waals surface area contributed by atoms with Crippen LogP contribution in [0.2, 0.25) is 0 Å². The maximum Gasteiger partial charge on any atom is 0.241 e. The molecule has 3 aromatic carbocycles. The number of fused-ring (bicyclic) bond motifs is 1. The third-order valence-electron chi connectivity index (χ3n) is 5.99. The van der Waals surface area contributed by atoms with Crippen LogP contribution in [0, 0.1) is 17.2 Å². The third kappa shape index (κ3) is 6.84. The summed E-state index contributed by atoms with van der Waals surface area (Å²) >= 11 is 0. The molecule has 0 aromatic heterocycles. The largest absolute Gasteiger partial charge is 0.377 e. The Bertz CT molecular complexity index is 1330. The molecule has 7 nitrogen and oxygen atoms in total. The lowest BCUT2D eigenvalue weighted by Gasteiger charge is -2.23. The molecule has 2 N–H and O–H groups in total. The van der Waals surface area contributed by atoms with Crippen molar-refractivity contribution < 1.29 is 13.2 Å². The lowest BCUT2D eigenvalue weighted by atomic mass is 10.0. The Kier molecular flexibility index (Phi) is 9.08. The number of nitrogens with zero attached hydrogens (tertiary/aromatic N) is 2. The lowest BCUT2D eigenvalue weighted by Crippen LogP contribution is -2.50. The van der Waals surface area contributed by atoms with E-state index < -0.39 is 28.0 Å². The first kappa shape index (κ1) is 27.2. The molecule has 0 saturated carbocycles. The van der Waals surface area contributed by atoms with Gasteiger partial charge in [0.15, 0.2) is 0 Å². The summed E-state index contributed by atoms with van der Waals surface area (Å²) in [6.45, 7) is 3.85. The summed E-state index contributed by atoms with van der Waals surface area (Å²) in [7, 11) is -0.222. The second-order valence-corrected chi connectivity index (χ2v) is 11.2. The number of carbonyl (C=O) groups is 1. The predicted octanol–water partition coefficient (Wildman–Crippen LogP) is 4.24. The van der Waals surface area contributed by atoms with E-state index in [4.69, 9.17) is 0 Å². The average molecular weight is 507 g/mol. The van der Waals surface area contributed by atoms with Crippen LogP contribution < -0.4 is 14.9 Å². The number of aryl methyl sites for hydroxylation is 1. The molecule has 8 heteroatoms. The fraction of sp³-hybridized carbons (Fsp3) is 0.357. The van der Waals surface area contributed by atoms with Crippen molar-refractivity contribution in [2.24, 2.45) is 5.92 Å². The summed E-state index contributed by atoms with van der Waals surface area (Å²) in [5.74, 6) is -0.442. The highest BCUT2D eigenvalue weighted by Gasteiger charge is 2.29. The van der Waals surface area contributed by atoms with Crippen molar-refractivity contribution in [2.75, 3.05) is 19.0 Å². The van der Waals surface area contributed by atoms with Crippen LogP contribution in [-0.2, 0) is 21.2 Å². The number of hydrogen-bond donors (Lipinski definition) is 2. The third-order valence-corrected chi connectivity index (χ3v) is 7.52. The predicted molar refractivity (Wildman–Crippen MR) is 144 cm³/mol. The van der Waals surface area contributed by atoms with Gasteiger partial charge in [0.1, 0.15) is 12.1 Å². The van der Waals surface area contributed by atoms with Gasteiger partial charge < -0.3 is 10.2 Å². The Balaban J connectivity index is 1.83. The first-order valence-corrected chi connectivity index (χ1v) is 13.6. The highest BCUT2D eigenvalue weighted by molar-refractivity contribution is 7.89. The quantitative estimate of drug-likeness (QED) is 0.405. The van der Waals surface area contributed by atoms with Crippen molar-refractivity contribution in [2.45, 2.75) is 50.1 Å². The average Bonchev–Trinajstić information content (AvgIpc) is 2.85. The minimum atomic E-state index is -4.03. The Morgan fingerprint density at radius 1 is 0.972 bits per heavy atom. The van der Waals surface area contributed by atoms with Gasteiger partial charge >= 0.3 is 0 Å². The summed E-state index contributed by atoms with van der Waals surface area (Å²) in [6, 6.07) is 20.8. The van der Waals surface area contributed by atoms with Gasteiger partial charge in [-0.05, 0) is 42.9 Å². The smallest absolute Gasteiger partial charge is 0.241 e. The number of nitrogens with one attached hydrogen (secondary N) is 2. The van der Waals surface area contributed by atoms with E-state index in [-0.39, 0.29) is 10.8 Å². The maximum absolute atomic E-state index is 13.5. The molecule has 36 heavy (non-hydrogen) atoms.